The molecule has 0 aliphatic heterocycles. The van der Waals surface area contributed by atoms with Crippen LogP contribution in [-0.2, 0) is 0 Å². The molecule has 4 rings (SSSR count). The maximum absolute atomic E-state index is 12.6. The summed E-state index contributed by atoms with van der Waals surface area (Å²) >= 11 is 6.84. The fraction of sp³-hybridized carbons (Fsp3) is 0.125. The fourth-order valence-corrected chi connectivity index (χ4v) is 4.07. The second-order valence-corrected chi connectivity index (χ2v) is 6.98. The number of halogens is 2. The molecule has 20 heavy (non-hydrogen) atoms. The fourth-order valence-electron chi connectivity index (χ4n) is 3.31. The van der Waals surface area contributed by atoms with Crippen molar-refractivity contribution in [1.29, 1.82) is 0 Å². The molecule has 0 bridgehead atoms. The number of fused-ring (bicyclic) bond motifs is 5. The third-order valence-corrected chi connectivity index (χ3v) is 5.11. The molecule has 2 nitrogen and oxygen atoms in total. The quantitative estimate of drug-likeness (QED) is 0.663. The van der Waals surface area contributed by atoms with E-state index in [1.54, 1.807) is 0 Å². The van der Waals surface area contributed by atoms with Gasteiger partial charge < -0.3 is 0 Å². The minimum Gasteiger partial charge on any atom is -0.293 e. The standard InChI is InChI=1S/C16H8Br2O2/c17-7-1-3-9-11(5-7)13-14(15(9)19)12-6-8(18)2-4-10(12)16(13)20/h1-6,13-14H. The van der Waals surface area contributed by atoms with Gasteiger partial charge in [0.05, 0.1) is 11.8 Å². The molecule has 2 atom stereocenters. The Morgan fingerprint density at radius 2 is 1.10 bits per heavy atom. The summed E-state index contributed by atoms with van der Waals surface area (Å²) in [5.74, 6) is -0.580. The molecule has 98 valence electrons. The van der Waals surface area contributed by atoms with Gasteiger partial charge in [-0.25, -0.2) is 0 Å². The lowest BCUT2D eigenvalue weighted by molar-refractivity contribution is 0.0913. The lowest BCUT2D eigenvalue weighted by Gasteiger charge is -2.07. The lowest BCUT2D eigenvalue weighted by Crippen LogP contribution is -2.09. The van der Waals surface area contributed by atoms with Crippen LogP contribution in [-0.4, -0.2) is 11.6 Å². The molecule has 0 heterocycles. The van der Waals surface area contributed by atoms with Crippen molar-refractivity contribution in [1.82, 2.24) is 0 Å². The summed E-state index contributed by atoms with van der Waals surface area (Å²) in [6.07, 6.45) is 0. The zero-order chi connectivity index (χ0) is 14.0. The number of hydrogen-bond acceptors (Lipinski definition) is 2. The van der Waals surface area contributed by atoms with Crippen molar-refractivity contribution in [3.63, 3.8) is 0 Å². The Morgan fingerprint density at radius 3 is 1.50 bits per heavy atom. The van der Waals surface area contributed by atoms with E-state index < -0.39 is 0 Å². The predicted molar refractivity (Wildman–Crippen MR) is 82.4 cm³/mol. The number of benzene rings is 2. The van der Waals surface area contributed by atoms with Gasteiger partial charge in [-0.3, -0.25) is 9.59 Å². The van der Waals surface area contributed by atoms with Crippen LogP contribution in [0.5, 0.6) is 0 Å². The van der Waals surface area contributed by atoms with Gasteiger partial charge in [0.1, 0.15) is 0 Å². The van der Waals surface area contributed by atoms with Gasteiger partial charge >= 0.3 is 0 Å². The van der Waals surface area contributed by atoms with E-state index in [9.17, 15) is 9.59 Å². The van der Waals surface area contributed by atoms with Crippen LogP contribution in [0.15, 0.2) is 45.3 Å². The van der Waals surface area contributed by atoms with Crippen LogP contribution in [0, 0.1) is 0 Å². The van der Waals surface area contributed by atoms with Gasteiger partial charge in [-0.2, -0.15) is 0 Å². The smallest absolute Gasteiger partial charge is 0.171 e. The molecule has 0 spiro atoms. The van der Waals surface area contributed by atoms with Crippen molar-refractivity contribution in [3.05, 3.63) is 67.6 Å². The predicted octanol–water partition coefficient (Wildman–Crippen LogP) is 4.47. The maximum atomic E-state index is 12.6. The number of hydrogen-bond donors (Lipinski definition) is 0. The minimum atomic E-state index is -0.348. The highest BCUT2D eigenvalue weighted by atomic mass is 79.9. The van der Waals surface area contributed by atoms with Crippen molar-refractivity contribution < 1.29 is 9.59 Å². The monoisotopic (exact) mass is 390 g/mol. The number of ketones is 2. The van der Waals surface area contributed by atoms with Gasteiger partial charge in [0.2, 0.25) is 0 Å². The van der Waals surface area contributed by atoms with Gasteiger partial charge in [0.15, 0.2) is 11.6 Å². The van der Waals surface area contributed by atoms with Gasteiger partial charge in [0.25, 0.3) is 0 Å². The topological polar surface area (TPSA) is 34.1 Å². The molecular formula is C16H8Br2O2. The van der Waals surface area contributed by atoms with Gasteiger partial charge in [-0.05, 0) is 47.5 Å². The summed E-state index contributed by atoms with van der Waals surface area (Å²) in [7, 11) is 0. The highest BCUT2D eigenvalue weighted by Gasteiger charge is 2.50. The summed E-state index contributed by atoms with van der Waals surface area (Å²) < 4.78 is 1.80. The summed E-state index contributed by atoms with van der Waals surface area (Å²) in [6, 6.07) is 11.1. The van der Waals surface area contributed by atoms with Crippen molar-refractivity contribution >= 4 is 43.4 Å². The van der Waals surface area contributed by atoms with Crippen LogP contribution < -0.4 is 0 Å². The van der Waals surface area contributed by atoms with Crippen LogP contribution in [0.1, 0.15) is 43.7 Å². The van der Waals surface area contributed by atoms with E-state index in [0.717, 1.165) is 20.1 Å². The molecule has 0 saturated carbocycles. The van der Waals surface area contributed by atoms with Crippen LogP contribution >= 0.6 is 31.9 Å². The molecule has 4 heteroatoms. The summed E-state index contributed by atoms with van der Waals surface area (Å²) in [5, 5.41) is 0. The molecule has 0 radical (unpaired) electrons. The molecule has 2 aromatic rings. The second kappa shape index (κ2) is 4.12. The first kappa shape index (κ1) is 12.5. The zero-order valence-electron chi connectivity index (χ0n) is 10.2. The average Bonchev–Trinajstić information content (AvgIpc) is 2.85. The molecular weight excluding hydrogens is 384 g/mol. The van der Waals surface area contributed by atoms with E-state index in [-0.39, 0.29) is 23.4 Å². The molecule has 2 unspecified atom stereocenters. The normalized spacial score (nSPS) is 22.7. The van der Waals surface area contributed by atoms with Gasteiger partial charge in [-0.15, -0.1) is 0 Å². The largest absolute Gasteiger partial charge is 0.293 e. The summed E-state index contributed by atoms with van der Waals surface area (Å²) in [6.45, 7) is 0. The molecule has 2 aromatic carbocycles. The SMILES string of the molecule is O=C1c2ccc(Br)cc2C2C(=O)c3ccc(Br)cc3C12. The number of rotatable bonds is 0. The molecule has 2 aliphatic rings. The van der Waals surface area contributed by atoms with E-state index in [0.29, 0.717) is 11.1 Å². The van der Waals surface area contributed by atoms with Crippen LogP contribution in [0.3, 0.4) is 0 Å². The Balaban J connectivity index is 1.99. The Bertz CT molecular complexity index is 728. The van der Waals surface area contributed by atoms with Crippen molar-refractivity contribution in [2.45, 2.75) is 11.8 Å². The van der Waals surface area contributed by atoms with E-state index in [1.807, 2.05) is 36.4 Å². The van der Waals surface area contributed by atoms with Gasteiger partial charge in [0, 0.05) is 20.1 Å². The zero-order valence-corrected chi connectivity index (χ0v) is 13.4. The first-order valence-electron chi connectivity index (χ1n) is 6.25. The molecule has 0 aromatic heterocycles. The molecule has 0 N–H and O–H groups in total. The highest BCUT2D eigenvalue weighted by Crippen LogP contribution is 2.52. The molecule has 0 amide bonds. The van der Waals surface area contributed by atoms with E-state index >= 15 is 0 Å². The Kier molecular flexibility index (Phi) is 2.57. The van der Waals surface area contributed by atoms with Gasteiger partial charge in [-0.1, -0.05) is 31.9 Å². The Hall–Kier alpha value is -1.26. The lowest BCUT2D eigenvalue weighted by atomic mass is 9.92. The van der Waals surface area contributed by atoms with Crippen molar-refractivity contribution in [3.8, 4) is 0 Å². The van der Waals surface area contributed by atoms with Crippen LogP contribution in [0.2, 0.25) is 0 Å². The first-order valence-corrected chi connectivity index (χ1v) is 7.84. The average molecular weight is 392 g/mol. The number of Topliss-reactive ketones (excluding diaryl/α,β-unsaturated/α-hetero) is 2. The third kappa shape index (κ3) is 1.49. The summed E-state index contributed by atoms with van der Waals surface area (Å²) in [4.78, 5) is 25.3. The third-order valence-electron chi connectivity index (χ3n) is 4.13. The molecule has 0 fully saturated rings. The highest BCUT2D eigenvalue weighted by molar-refractivity contribution is 9.10. The number of carbonyl (C=O) groups is 2. The van der Waals surface area contributed by atoms with Crippen molar-refractivity contribution in [2.75, 3.05) is 0 Å². The minimum absolute atomic E-state index is 0.0581. The van der Waals surface area contributed by atoms with E-state index in [4.69, 9.17) is 0 Å². The Labute approximate surface area is 132 Å². The number of carbonyl (C=O) groups excluding carboxylic acids is 2. The van der Waals surface area contributed by atoms with E-state index in [1.165, 1.54) is 0 Å². The van der Waals surface area contributed by atoms with Crippen molar-refractivity contribution in [2.24, 2.45) is 0 Å². The first-order chi connectivity index (χ1) is 9.58. The van der Waals surface area contributed by atoms with E-state index in [2.05, 4.69) is 31.9 Å². The molecule has 2 aliphatic carbocycles. The maximum Gasteiger partial charge on any atom is 0.171 e. The van der Waals surface area contributed by atoms with Crippen LogP contribution in [0.4, 0.5) is 0 Å². The van der Waals surface area contributed by atoms with Crippen LogP contribution in [0.25, 0.3) is 0 Å². The summed E-state index contributed by atoms with van der Waals surface area (Å²) in [5.41, 5.74) is 3.07. The molecule has 0 saturated heterocycles. The second-order valence-electron chi connectivity index (χ2n) is 5.15. The Morgan fingerprint density at radius 1 is 0.700 bits per heavy atom.